The fourth-order valence-corrected chi connectivity index (χ4v) is 2.07. The SMILES string of the molecule is O=C1CCC[C@@H](c2cccc(F)c2)C1. The Labute approximate surface area is 82.9 Å². The van der Waals surface area contributed by atoms with Crippen LogP contribution in [0.5, 0.6) is 0 Å². The highest BCUT2D eigenvalue weighted by molar-refractivity contribution is 5.80. The normalized spacial score (nSPS) is 22.4. The highest BCUT2D eigenvalue weighted by atomic mass is 19.1. The summed E-state index contributed by atoms with van der Waals surface area (Å²) in [6.07, 6.45) is 3.24. The number of benzene rings is 1. The van der Waals surface area contributed by atoms with E-state index in [2.05, 4.69) is 0 Å². The van der Waals surface area contributed by atoms with Crippen LogP contribution in [0.2, 0.25) is 0 Å². The quantitative estimate of drug-likeness (QED) is 0.668. The number of hydrogen-bond donors (Lipinski definition) is 0. The Morgan fingerprint density at radius 3 is 2.93 bits per heavy atom. The van der Waals surface area contributed by atoms with Gasteiger partial charge in [-0.3, -0.25) is 4.79 Å². The number of Topliss-reactive ketones (excluding diaryl/α,β-unsaturated/α-hetero) is 1. The van der Waals surface area contributed by atoms with Crippen molar-refractivity contribution in [1.29, 1.82) is 0 Å². The van der Waals surface area contributed by atoms with Gasteiger partial charge in [0.2, 0.25) is 0 Å². The smallest absolute Gasteiger partial charge is 0.133 e. The van der Waals surface area contributed by atoms with Gasteiger partial charge in [-0.25, -0.2) is 4.39 Å². The lowest BCUT2D eigenvalue weighted by Crippen LogP contribution is -2.13. The molecule has 2 heteroatoms. The summed E-state index contributed by atoms with van der Waals surface area (Å²) in [5.74, 6) is 0.345. The van der Waals surface area contributed by atoms with Gasteiger partial charge >= 0.3 is 0 Å². The van der Waals surface area contributed by atoms with Crippen molar-refractivity contribution in [3.8, 4) is 0 Å². The molecule has 0 bridgehead atoms. The first-order valence-corrected chi connectivity index (χ1v) is 5.03. The highest BCUT2D eigenvalue weighted by Gasteiger charge is 2.20. The van der Waals surface area contributed by atoms with Crippen molar-refractivity contribution in [1.82, 2.24) is 0 Å². The topological polar surface area (TPSA) is 17.1 Å². The van der Waals surface area contributed by atoms with Crippen molar-refractivity contribution in [3.63, 3.8) is 0 Å². The molecule has 1 aromatic rings. The number of hydrogen-bond acceptors (Lipinski definition) is 1. The first-order valence-electron chi connectivity index (χ1n) is 5.03. The molecule has 1 aromatic carbocycles. The van der Waals surface area contributed by atoms with Crippen molar-refractivity contribution in [2.24, 2.45) is 0 Å². The average Bonchev–Trinajstić information content (AvgIpc) is 2.18. The molecule has 1 aliphatic carbocycles. The summed E-state index contributed by atoms with van der Waals surface area (Å²) < 4.78 is 12.9. The van der Waals surface area contributed by atoms with Crippen LogP contribution in [-0.4, -0.2) is 5.78 Å². The Balaban J connectivity index is 2.17. The summed E-state index contributed by atoms with van der Waals surface area (Å²) in [5.41, 5.74) is 0.970. The molecule has 0 spiro atoms. The van der Waals surface area contributed by atoms with Crippen LogP contribution in [0.15, 0.2) is 24.3 Å². The number of rotatable bonds is 1. The van der Waals surface area contributed by atoms with Crippen LogP contribution in [-0.2, 0) is 4.79 Å². The maximum Gasteiger partial charge on any atom is 0.133 e. The molecule has 1 fully saturated rings. The molecule has 0 unspecified atom stereocenters. The Morgan fingerprint density at radius 2 is 2.21 bits per heavy atom. The van der Waals surface area contributed by atoms with Crippen molar-refractivity contribution >= 4 is 5.78 Å². The predicted octanol–water partition coefficient (Wildman–Crippen LogP) is 3.05. The van der Waals surface area contributed by atoms with Gasteiger partial charge in [0.1, 0.15) is 11.6 Å². The van der Waals surface area contributed by atoms with Crippen molar-refractivity contribution in [2.75, 3.05) is 0 Å². The maximum atomic E-state index is 12.9. The molecule has 0 N–H and O–H groups in total. The zero-order valence-corrected chi connectivity index (χ0v) is 8.00. The molecule has 74 valence electrons. The fraction of sp³-hybridized carbons (Fsp3) is 0.417. The van der Waals surface area contributed by atoms with Crippen LogP contribution in [0, 0.1) is 5.82 Å². The zero-order chi connectivity index (χ0) is 9.97. The minimum atomic E-state index is -0.208. The van der Waals surface area contributed by atoms with Gasteiger partial charge < -0.3 is 0 Å². The van der Waals surface area contributed by atoms with Gasteiger partial charge in [0.25, 0.3) is 0 Å². The molecule has 0 saturated heterocycles. The lowest BCUT2D eigenvalue weighted by atomic mass is 9.83. The van der Waals surface area contributed by atoms with E-state index in [9.17, 15) is 9.18 Å². The summed E-state index contributed by atoms with van der Waals surface area (Å²) >= 11 is 0. The lowest BCUT2D eigenvalue weighted by molar-refractivity contribution is -0.120. The van der Waals surface area contributed by atoms with Gasteiger partial charge in [-0.2, -0.15) is 0 Å². The average molecular weight is 192 g/mol. The lowest BCUT2D eigenvalue weighted by Gasteiger charge is -2.20. The van der Waals surface area contributed by atoms with Gasteiger partial charge in [0, 0.05) is 12.8 Å². The first-order chi connectivity index (χ1) is 6.75. The van der Waals surface area contributed by atoms with Crippen molar-refractivity contribution in [3.05, 3.63) is 35.6 Å². The molecule has 1 nitrogen and oxygen atoms in total. The van der Waals surface area contributed by atoms with Crippen LogP contribution in [0.3, 0.4) is 0 Å². The van der Waals surface area contributed by atoms with E-state index >= 15 is 0 Å². The Bertz CT molecular complexity index is 346. The molecular weight excluding hydrogens is 179 g/mol. The van der Waals surface area contributed by atoms with Crippen molar-refractivity contribution < 1.29 is 9.18 Å². The number of ketones is 1. The monoisotopic (exact) mass is 192 g/mol. The molecule has 1 atom stereocenters. The van der Waals surface area contributed by atoms with Crippen LogP contribution >= 0.6 is 0 Å². The molecule has 14 heavy (non-hydrogen) atoms. The standard InChI is InChI=1S/C12H13FO/c13-11-5-1-3-9(7-11)10-4-2-6-12(14)8-10/h1,3,5,7,10H,2,4,6,8H2/t10-/m1/s1. The second kappa shape index (κ2) is 3.91. The summed E-state index contributed by atoms with van der Waals surface area (Å²) in [7, 11) is 0. The third-order valence-electron chi connectivity index (χ3n) is 2.80. The molecule has 2 rings (SSSR count). The van der Waals surface area contributed by atoms with Crippen LogP contribution in [0.25, 0.3) is 0 Å². The Morgan fingerprint density at radius 1 is 1.36 bits per heavy atom. The second-order valence-electron chi connectivity index (χ2n) is 3.89. The molecule has 0 aromatic heterocycles. The number of carbonyl (C=O) groups is 1. The second-order valence-corrected chi connectivity index (χ2v) is 3.89. The van der Waals surface area contributed by atoms with E-state index in [-0.39, 0.29) is 11.7 Å². The number of halogens is 1. The predicted molar refractivity (Wildman–Crippen MR) is 52.6 cm³/mol. The molecule has 0 amide bonds. The van der Waals surface area contributed by atoms with Crippen LogP contribution in [0.1, 0.15) is 37.2 Å². The molecule has 1 saturated carbocycles. The maximum absolute atomic E-state index is 12.9. The summed E-state index contributed by atoms with van der Waals surface area (Å²) in [6, 6.07) is 6.60. The summed E-state index contributed by atoms with van der Waals surface area (Å²) in [5, 5.41) is 0. The molecular formula is C12H13FO. The van der Waals surface area contributed by atoms with Crippen molar-refractivity contribution in [2.45, 2.75) is 31.6 Å². The van der Waals surface area contributed by atoms with E-state index in [0.29, 0.717) is 18.6 Å². The molecule has 0 aliphatic heterocycles. The van der Waals surface area contributed by atoms with E-state index in [0.717, 1.165) is 18.4 Å². The largest absolute Gasteiger partial charge is 0.300 e. The highest BCUT2D eigenvalue weighted by Crippen LogP contribution is 2.30. The molecule has 0 heterocycles. The fourth-order valence-electron chi connectivity index (χ4n) is 2.07. The third-order valence-corrected chi connectivity index (χ3v) is 2.80. The minimum absolute atomic E-state index is 0.208. The van der Waals surface area contributed by atoms with E-state index in [1.165, 1.54) is 6.07 Å². The zero-order valence-electron chi connectivity index (χ0n) is 8.00. The summed E-state index contributed by atoms with van der Waals surface area (Å²) in [6.45, 7) is 0. The van der Waals surface area contributed by atoms with Gasteiger partial charge in [0.05, 0.1) is 0 Å². The third kappa shape index (κ3) is 2.00. The summed E-state index contributed by atoms with van der Waals surface area (Å²) in [4.78, 5) is 11.2. The van der Waals surface area contributed by atoms with E-state index in [1.54, 1.807) is 12.1 Å². The van der Waals surface area contributed by atoms with E-state index < -0.39 is 0 Å². The van der Waals surface area contributed by atoms with Crippen LogP contribution < -0.4 is 0 Å². The van der Waals surface area contributed by atoms with Gasteiger partial charge in [-0.05, 0) is 36.5 Å². The minimum Gasteiger partial charge on any atom is -0.300 e. The van der Waals surface area contributed by atoms with E-state index in [4.69, 9.17) is 0 Å². The molecule has 1 aliphatic rings. The van der Waals surface area contributed by atoms with Crippen LogP contribution in [0.4, 0.5) is 4.39 Å². The number of carbonyl (C=O) groups excluding carboxylic acids is 1. The Hall–Kier alpha value is -1.18. The Kier molecular flexibility index (Phi) is 2.62. The van der Waals surface area contributed by atoms with Gasteiger partial charge in [-0.1, -0.05) is 12.1 Å². The van der Waals surface area contributed by atoms with Gasteiger partial charge in [0.15, 0.2) is 0 Å². The van der Waals surface area contributed by atoms with E-state index in [1.807, 2.05) is 6.07 Å². The molecule has 0 radical (unpaired) electrons. The first kappa shape index (κ1) is 9.38. The van der Waals surface area contributed by atoms with Gasteiger partial charge in [-0.15, -0.1) is 0 Å².